The van der Waals surface area contributed by atoms with Gasteiger partial charge in [0.1, 0.15) is 12.1 Å². The maximum Gasteiger partial charge on any atom is 0.370 e. The largest absolute Gasteiger partial charge is 0.462 e. The molecule has 0 aliphatic carbocycles. The zero-order chi connectivity index (χ0) is 15.7. The highest BCUT2D eigenvalue weighted by molar-refractivity contribution is 5.90. The smallest absolute Gasteiger partial charge is 0.370 e. The SMILES string of the molecule is CCOC(=O)[C@@H](F)ON1C(=O)N2C[C@H]1C(C)=C[C@H]2C(N)=O. The number of ether oxygens (including phenoxy) is 1. The third kappa shape index (κ3) is 2.68. The molecule has 2 rings (SSSR count). The number of rotatable bonds is 5. The normalized spacial score (nSPS) is 25.7. The van der Waals surface area contributed by atoms with Crippen LogP contribution < -0.4 is 5.73 Å². The predicted octanol–water partition coefficient (Wildman–Crippen LogP) is -0.303. The fourth-order valence-electron chi connectivity index (χ4n) is 2.31. The molecule has 0 spiro atoms. The van der Waals surface area contributed by atoms with Gasteiger partial charge in [-0.1, -0.05) is 6.08 Å². The van der Waals surface area contributed by atoms with E-state index in [9.17, 15) is 18.8 Å². The Labute approximate surface area is 120 Å². The van der Waals surface area contributed by atoms with Crippen LogP contribution in [0.25, 0.3) is 0 Å². The molecule has 0 unspecified atom stereocenters. The number of nitrogens with zero attached hydrogens (tertiary/aromatic N) is 2. The first-order chi connectivity index (χ1) is 9.86. The molecule has 116 valence electrons. The first-order valence-electron chi connectivity index (χ1n) is 6.41. The van der Waals surface area contributed by atoms with Gasteiger partial charge in [-0.3, -0.25) is 4.79 Å². The molecule has 8 nitrogen and oxygen atoms in total. The van der Waals surface area contributed by atoms with E-state index in [0.29, 0.717) is 5.57 Å². The molecule has 2 aliphatic heterocycles. The minimum absolute atomic E-state index is 0.00517. The summed E-state index contributed by atoms with van der Waals surface area (Å²) in [4.78, 5) is 40.6. The van der Waals surface area contributed by atoms with E-state index in [1.807, 2.05) is 0 Å². The highest BCUT2D eigenvalue weighted by Crippen LogP contribution is 2.30. The maximum absolute atomic E-state index is 13.6. The zero-order valence-electron chi connectivity index (χ0n) is 11.6. The molecule has 0 radical (unpaired) electrons. The number of esters is 1. The van der Waals surface area contributed by atoms with Gasteiger partial charge in [-0.05, 0) is 19.4 Å². The topological polar surface area (TPSA) is 102 Å². The number of carbonyl (C=O) groups excluding carboxylic acids is 3. The Bertz CT molecular complexity index is 509. The van der Waals surface area contributed by atoms with E-state index >= 15 is 0 Å². The van der Waals surface area contributed by atoms with Crippen molar-refractivity contribution in [3.05, 3.63) is 11.6 Å². The highest BCUT2D eigenvalue weighted by atomic mass is 19.1. The van der Waals surface area contributed by atoms with Crippen LogP contribution in [0.3, 0.4) is 0 Å². The minimum atomic E-state index is -2.41. The van der Waals surface area contributed by atoms with E-state index < -0.39 is 36.3 Å². The van der Waals surface area contributed by atoms with Gasteiger partial charge in [-0.2, -0.15) is 5.06 Å². The van der Waals surface area contributed by atoms with Crippen LogP contribution in [0.5, 0.6) is 0 Å². The lowest BCUT2D eigenvalue weighted by Crippen LogP contribution is -2.46. The number of amides is 3. The summed E-state index contributed by atoms with van der Waals surface area (Å²) in [5.41, 5.74) is 5.86. The quantitative estimate of drug-likeness (QED) is 0.554. The molecule has 9 heteroatoms. The van der Waals surface area contributed by atoms with Gasteiger partial charge in [-0.15, -0.1) is 0 Å². The maximum atomic E-state index is 13.6. The molecule has 0 saturated carbocycles. The standard InChI is InChI=1S/C12H16FN3O5/c1-3-20-11(18)9(13)21-16-8-5-15(12(16)19)7(10(14)17)4-6(8)2/h4,7-9H,3,5H2,1-2H3,(H2,14,17)/t7-,8-,9-/m0/s1. The summed E-state index contributed by atoms with van der Waals surface area (Å²) in [7, 11) is 0. The molecule has 3 atom stereocenters. The Hall–Kier alpha value is -2.16. The Balaban J connectivity index is 2.14. The summed E-state index contributed by atoms with van der Waals surface area (Å²) >= 11 is 0. The van der Waals surface area contributed by atoms with E-state index in [4.69, 9.17) is 10.6 Å². The summed E-state index contributed by atoms with van der Waals surface area (Å²) in [6.45, 7) is 3.33. The summed E-state index contributed by atoms with van der Waals surface area (Å²) in [5, 5.41) is 0.746. The Kier molecular flexibility index (Phi) is 4.12. The highest BCUT2D eigenvalue weighted by Gasteiger charge is 2.48. The van der Waals surface area contributed by atoms with Crippen molar-refractivity contribution in [1.29, 1.82) is 0 Å². The molecule has 3 amide bonds. The van der Waals surface area contributed by atoms with Gasteiger partial charge >= 0.3 is 18.4 Å². The van der Waals surface area contributed by atoms with Crippen LogP contribution in [-0.2, 0) is 19.2 Å². The number of hydrogen-bond acceptors (Lipinski definition) is 5. The summed E-state index contributed by atoms with van der Waals surface area (Å²) in [6.07, 6.45) is -0.885. The number of fused-ring (bicyclic) bond motifs is 2. The molecule has 0 aromatic heterocycles. The van der Waals surface area contributed by atoms with Crippen molar-refractivity contribution in [2.45, 2.75) is 32.3 Å². The van der Waals surface area contributed by atoms with Crippen LogP contribution in [0.15, 0.2) is 11.6 Å². The van der Waals surface area contributed by atoms with Gasteiger partial charge < -0.3 is 15.4 Å². The van der Waals surface area contributed by atoms with Crippen LogP contribution in [0.4, 0.5) is 9.18 Å². The zero-order valence-corrected chi connectivity index (χ0v) is 11.6. The second-order valence-corrected chi connectivity index (χ2v) is 4.71. The molecule has 2 N–H and O–H groups in total. The Morgan fingerprint density at radius 2 is 2.24 bits per heavy atom. The van der Waals surface area contributed by atoms with E-state index in [1.54, 1.807) is 6.92 Å². The van der Waals surface area contributed by atoms with E-state index in [2.05, 4.69) is 4.74 Å². The van der Waals surface area contributed by atoms with E-state index in [-0.39, 0.29) is 13.2 Å². The van der Waals surface area contributed by atoms with Crippen molar-refractivity contribution in [2.24, 2.45) is 5.73 Å². The molecule has 0 aromatic rings. The summed E-state index contributed by atoms with van der Waals surface area (Å²) in [6, 6.07) is -2.19. The number of alkyl halides is 1. The molecular weight excluding hydrogens is 285 g/mol. The summed E-state index contributed by atoms with van der Waals surface area (Å²) < 4.78 is 18.1. The first-order valence-corrected chi connectivity index (χ1v) is 6.41. The first kappa shape index (κ1) is 15.2. The number of hydrogen-bond donors (Lipinski definition) is 1. The van der Waals surface area contributed by atoms with Crippen molar-refractivity contribution in [2.75, 3.05) is 13.2 Å². The third-order valence-electron chi connectivity index (χ3n) is 3.34. The van der Waals surface area contributed by atoms with Crippen molar-refractivity contribution < 1.29 is 28.3 Å². The number of nitrogens with two attached hydrogens (primary N) is 1. The van der Waals surface area contributed by atoms with E-state index in [0.717, 1.165) is 9.96 Å². The van der Waals surface area contributed by atoms with Crippen LogP contribution in [0.1, 0.15) is 13.8 Å². The van der Waals surface area contributed by atoms with Gasteiger partial charge in [0.15, 0.2) is 0 Å². The molecule has 2 bridgehead atoms. The van der Waals surface area contributed by atoms with Crippen molar-refractivity contribution in [3.8, 4) is 0 Å². The van der Waals surface area contributed by atoms with Crippen LogP contribution in [0.2, 0.25) is 0 Å². The van der Waals surface area contributed by atoms with Crippen LogP contribution in [0, 0.1) is 0 Å². The lowest BCUT2D eigenvalue weighted by molar-refractivity contribution is -0.223. The number of carbonyl (C=O) groups is 3. The number of hydroxylamine groups is 2. The third-order valence-corrected chi connectivity index (χ3v) is 3.34. The van der Waals surface area contributed by atoms with E-state index in [1.165, 1.54) is 13.0 Å². The average molecular weight is 301 g/mol. The van der Waals surface area contributed by atoms with Crippen molar-refractivity contribution >= 4 is 17.9 Å². The number of primary amides is 1. The Morgan fingerprint density at radius 1 is 1.57 bits per heavy atom. The van der Waals surface area contributed by atoms with Crippen molar-refractivity contribution in [3.63, 3.8) is 0 Å². The molecule has 2 heterocycles. The monoisotopic (exact) mass is 301 g/mol. The van der Waals surface area contributed by atoms with Crippen molar-refractivity contribution in [1.82, 2.24) is 9.96 Å². The van der Waals surface area contributed by atoms with Gasteiger partial charge in [0.05, 0.1) is 13.2 Å². The molecule has 1 saturated heterocycles. The van der Waals surface area contributed by atoms with Gasteiger partial charge in [-0.25, -0.2) is 18.8 Å². The fraction of sp³-hybridized carbons (Fsp3) is 0.583. The van der Waals surface area contributed by atoms with Gasteiger partial charge in [0.2, 0.25) is 5.91 Å². The number of halogens is 1. The molecular formula is C12H16FN3O5. The van der Waals surface area contributed by atoms with Crippen LogP contribution >= 0.6 is 0 Å². The molecule has 2 aliphatic rings. The molecule has 21 heavy (non-hydrogen) atoms. The molecule has 0 aromatic carbocycles. The fourth-order valence-corrected chi connectivity index (χ4v) is 2.31. The second kappa shape index (κ2) is 5.68. The Morgan fingerprint density at radius 3 is 2.81 bits per heavy atom. The minimum Gasteiger partial charge on any atom is -0.462 e. The lowest BCUT2D eigenvalue weighted by atomic mass is 10.0. The van der Waals surface area contributed by atoms with Gasteiger partial charge in [0.25, 0.3) is 0 Å². The summed E-state index contributed by atoms with van der Waals surface area (Å²) in [5.74, 6) is -1.90. The number of urea groups is 1. The average Bonchev–Trinajstić information content (AvgIpc) is 2.69. The molecule has 1 fully saturated rings. The van der Waals surface area contributed by atoms with Crippen LogP contribution in [-0.4, -0.2) is 59.5 Å². The lowest BCUT2D eigenvalue weighted by Gasteiger charge is -2.26. The van der Waals surface area contributed by atoms with Gasteiger partial charge in [0, 0.05) is 0 Å². The second-order valence-electron chi connectivity index (χ2n) is 4.71. The predicted molar refractivity (Wildman–Crippen MR) is 67.1 cm³/mol.